The van der Waals surface area contributed by atoms with Crippen molar-refractivity contribution in [3.8, 4) is 0 Å². The molecule has 1 aliphatic heterocycles. The Bertz CT molecular complexity index is 1350. The van der Waals surface area contributed by atoms with Crippen LogP contribution in [-0.2, 0) is 17.5 Å². The van der Waals surface area contributed by atoms with E-state index in [0.717, 1.165) is 24.3 Å². The molecule has 34 heavy (non-hydrogen) atoms. The molecule has 5 nitrogen and oxygen atoms in total. The molecule has 3 aromatic rings. The quantitative estimate of drug-likeness (QED) is 0.501. The van der Waals surface area contributed by atoms with Crippen molar-refractivity contribution >= 4 is 28.2 Å². The zero-order valence-electron chi connectivity index (χ0n) is 17.4. The summed E-state index contributed by atoms with van der Waals surface area (Å²) in [5.41, 5.74) is 0.665. The Morgan fingerprint density at radius 1 is 1.06 bits per heavy atom. The van der Waals surface area contributed by atoms with Gasteiger partial charge < -0.3 is 10.3 Å². The van der Waals surface area contributed by atoms with Gasteiger partial charge in [-0.3, -0.25) is 9.80 Å². The average molecular weight is 472 g/mol. The predicted molar refractivity (Wildman–Crippen MR) is 117 cm³/mol. The van der Waals surface area contributed by atoms with Gasteiger partial charge in [-0.15, -0.1) is 0 Å². The molecule has 1 amide bonds. The maximum absolute atomic E-state index is 13.7. The molecular weight excluding hydrogens is 455 g/mol. The number of H-pyrrole nitrogens is 1. The zero-order chi connectivity index (χ0) is 24.0. The second-order valence-electron chi connectivity index (χ2n) is 8.03. The van der Waals surface area contributed by atoms with E-state index in [1.807, 2.05) is 18.2 Å². The number of hydrazone groups is 1. The highest BCUT2D eigenvalue weighted by atomic mass is 19.4. The van der Waals surface area contributed by atoms with Crippen LogP contribution in [0.4, 0.5) is 27.6 Å². The molecule has 5 rings (SSSR count). The number of aromatic amines is 1. The second-order valence-corrected chi connectivity index (χ2v) is 8.03. The smallest absolute Gasteiger partial charge is 0.359 e. The molecule has 0 radical (unpaired) electrons. The number of hydrogen-bond acceptors (Lipinski definition) is 3. The van der Waals surface area contributed by atoms with Gasteiger partial charge in [0.1, 0.15) is 5.71 Å². The minimum absolute atomic E-state index is 0.200. The number of halogens is 5. The summed E-state index contributed by atoms with van der Waals surface area (Å²) in [7, 11) is 0. The highest BCUT2D eigenvalue weighted by Gasteiger charge is 2.38. The van der Waals surface area contributed by atoms with Gasteiger partial charge in [0.05, 0.1) is 35.3 Å². The highest BCUT2D eigenvalue weighted by Crippen LogP contribution is 2.32. The minimum Gasteiger partial charge on any atom is -0.359 e. The lowest BCUT2D eigenvalue weighted by atomic mass is 9.91. The first-order chi connectivity index (χ1) is 16.2. The molecule has 174 valence electrons. The predicted octanol–water partition coefficient (Wildman–Crippen LogP) is 5.39. The van der Waals surface area contributed by atoms with Gasteiger partial charge in [0.15, 0.2) is 11.6 Å². The monoisotopic (exact) mass is 472 g/mol. The largest absolute Gasteiger partial charge is 0.416 e. The van der Waals surface area contributed by atoms with Gasteiger partial charge in [-0.25, -0.2) is 8.78 Å². The van der Waals surface area contributed by atoms with E-state index in [2.05, 4.69) is 15.4 Å². The van der Waals surface area contributed by atoms with E-state index in [9.17, 15) is 26.7 Å². The van der Waals surface area contributed by atoms with Crippen LogP contribution < -0.4 is 5.32 Å². The van der Waals surface area contributed by atoms with E-state index in [-0.39, 0.29) is 29.9 Å². The number of nitrogens with zero attached hydrogens (tertiary/aromatic N) is 2. The molecule has 2 aliphatic rings. The Balaban J connectivity index is 1.39. The Hall–Kier alpha value is -3.95. The molecule has 0 saturated heterocycles. The standard InChI is InChI=1S/C24H17F5N4O/c25-17-9-16-19(10-18(17)26)30-11-20(16)31-23(34)22-15-3-1-2-4-21(15)33(32-22)12-13-5-7-14(8-6-13)24(27,28)29/h1-11,15,21,30H,12H2,(H,31,34). The molecule has 0 spiro atoms. The maximum atomic E-state index is 13.7. The zero-order valence-corrected chi connectivity index (χ0v) is 17.4. The summed E-state index contributed by atoms with van der Waals surface area (Å²) in [6.07, 6.45) is 4.30. The molecule has 2 heterocycles. The van der Waals surface area contributed by atoms with Crippen molar-refractivity contribution in [2.24, 2.45) is 11.0 Å². The Labute approximate surface area is 190 Å². The molecule has 10 heteroatoms. The first-order valence-corrected chi connectivity index (χ1v) is 10.3. The van der Waals surface area contributed by atoms with Crippen LogP contribution in [0, 0.1) is 17.6 Å². The van der Waals surface area contributed by atoms with Gasteiger partial charge in [0.2, 0.25) is 0 Å². The number of anilines is 1. The van der Waals surface area contributed by atoms with Crippen LogP contribution in [0.25, 0.3) is 10.9 Å². The van der Waals surface area contributed by atoms with Crippen molar-refractivity contribution in [3.63, 3.8) is 0 Å². The first kappa shape index (κ1) is 21.9. The molecule has 0 fully saturated rings. The SMILES string of the molecule is O=C(Nc1c[nH]c2cc(F)c(F)cc12)C1=NN(Cc2ccc(C(F)(F)F)cc2)C2C=CC=CC12. The van der Waals surface area contributed by atoms with E-state index in [4.69, 9.17) is 0 Å². The van der Waals surface area contributed by atoms with Crippen LogP contribution in [0.5, 0.6) is 0 Å². The summed E-state index contributed by atoms with van der Waals surface area (Å²) in [4.78, 5) is 15.9. The summed E-state index contributed by atoms with van der Waals surface area (Å²) < 4.78 is 65.7. The molecule has 2 aromatic carbocycles. The maximum Gasteiger partial charge on any atom is 0.416 e. The van der Waals surface area contributed by atoms with E-state index < -0.39 is 29.3 Å². The van der Waals surface area contributed by atoms with Crippen molar-refractivity contribution in [1.29, 1.82) is 0 Å². The molecule has 2 atom stereocenters. The molecular formula is C24H17F5N4O. The fourth-order valence-corrected chi connectivity index (χ4v) is 4.14. The number of amides is 1. The molecule has 2 N–H and O–H groups in total. The van der Waals surface area contributed by atoms with Crippen LogP contribution in [0.15, 0.2) is 72.0 Å². The fourth-order valence-electron chi connectivity index (χ4n) is 4.14. The fraction of sp³-hybridized carbons (Fsp3) is 0.167. The van der Waals surface area contributed by atoms with Crippen LogP contribution in [0.2, 0.25) is 0 Å². The summed E-state index contributed by atoms with van der Waals surface area (Å²) in [5, 5.41) is 9.11. The number of aromatic nitrogens is 1. The number of fused-ring (bicyclic) bond motifs is 2. The van der Waals surface area contributed by atoms with Crippen molar-refractivity contribution < 1.29 is 26.7 Å². The molecule has 1 aliphatic carbocycles. The minimum atomic E-state index is -4.42. The first-order valence-electron chi connectivity index (χ1n) is 10.3. The normalized spacial score (nSPS) is 19.4. The third-order valence-corrected chi connectivity index (χ3v) is 5.83. The van der Waals surface area contributed by atoms with Gasteiger partial charge in [0, 0.05) is 17.6 Å². The van der Waals surface area contributed by atoms with E-state index >= 15 is 0 Å². The number of carbonyl (C=O) groups excluding carboxylic acids is 1. The van der Waals surface area contributed by atoms with Gasteiger partial charge in [-0.1, -0.05) is 36.4 Å². The van der Waals surface area contributed by atoms with Crippen molar-refractivity contribution in [2.45, 2.75) is 18.8 Å². The summed E-state index contributed by atoms with van der Waals surface area (Å²) in [6, 6.07) is 6.49. The topological polar surface area (TPSA) is 60.5 Å². The lowest BCUT2D eigenvalue weighted by molar-refractivity contribution is -0.137. The Morgan fingerprint density at radius 3 is 2.50 bits per heavy atom. The lowest BCUT2D eigenvalue weighted by Gasteiger charge is -2.25. The van der Waals surface area contributed by atoms with Crippen molar-refractivity contribution in [3.05, 3.63) is 89.7 Å². The summed E-state index contributed by atoms with van der Waals surface area (Å²) in [5.74, 6) is -2.94. The van der Waals surface area contributed by atoms with Crippen LogP contribution in [0.3, 0.4) is 0 Å². The van der Waals surface area contributed by atoms with Crippen LogP contribution >= 0.6 is 0 Å². The van der Waals surface area contributed by atoms with Crippen molar-refractivity contribution in [2.75, 3.05) is 5.32 Å². The van der Waals surface area contributed by atoms with Gasteiger partial charge in [-0.05, 0) is 23.8 Å². The number of benzene rings is 2. The van der Waals surface area contributed by atoms with E-state index in [1.165, 1.54) is 18.3 Å². The number of hydrogen-bond donors (Lipinski definition) is 2. The number of rotatable bonds is 4. The Morgan fingerprint density at radius 2 is 1.76 bits per heavy atom. The average Bonchev–Trinajstić information content (AvgIpc) is 3.35. The Kier molecular flexibility index (Phi) is 5.22. The molecule has 0 saturated carbocycles. The van der Waals surface area contributed by atoms with Gasteiger partial charge >= 0.3 is 6.18 Å². The van der Waals surface area contributed by atoms with E-state index in [1.54, 1.807) is 11.1 Å². The van der Waals surface area contributed by atoms with Gasteiger partial charge in [0.25, 0.3) is 5.91 Å². The van der Waals surface area contributed by atoms with Crippen LogP contribution in [0.1, 0.15) is 11.1 Å². The van der Waals surface area contributed by atoms with Crippen LogP contribution in [-0.4, -0.2) is 27.7 Å². The summed E-state index contributed by atoms with van der Waals surface area (Å²) >= 11 is 0. The number of carbonyl (C=O) groups is 1. The number of nitrogens with one attached hydrogen (secondary N) is 2. The third-order valence-electron chi connectivity index (χ3n) is 5.83. The number of allylic oxidation sites excluding steroid dienone is 2. The third kappa shape index (κ3) is 3.95. The molecule has 0 bridgehead atoms. The van der Waals surface area contributed by atoms with Gasteiger partial charge in [-0.2, -0.15) is 18.3 Å². The molecule has 1 aromatic heterocycles. The number of alkyl halides is 3. The molecule has 2 unspecified atom stereocenters. The highest BCUT2D eigenvalue weighted by molar-refractivity contribution is 6.45. The van der Waals surface area contributed by atoms with E-state index in [0.29, 0.717) is 16.5 Å². The summed E-state index contributed by atoms with van der Waals surface area (Å²) in [6.45, 7) is 0.200. The second kappa shape index (κ2) is 8.12. The van der Waals surface area contributed by atoms with Crippen molar-refractivity contribution in [1.82, 2.24) is 9.99 Å². The lowest BCUT2D eigenvalue weighted by Crippen LogP contribution is -2.34.